The molecule has 0 fully saturated rings. The monoisotopic (exact) mass is 350 g/mol. The number of nitriles is 1. The molecule has 0 aromatic heterocycles. The highest BCUT2D eigenvalue weighted by atomic mass is 16.4. The van der Waals surface area contributed by atoms with Gasteiger partial charge in [-0.1, -0.05) is 60.7 Å². The van der Waals surface area contributed by atoms with Crippen molar-refractivity contribution in [2.24, 2.45) is 5.92 Å². The van der Waals surface area contributed by atoms with Crippen LogP contribution >= 0.6 is 0 Å². The predicted molar refractivity (Wildman–Crippen MR) is 98.3 cm³/mol. The third kappa shape index (κ3) is 4.09. The van der Waals surface area contributed by atoms with Gasteiger partial charge < -0.3 is 10.4 Å². The normalized spacial score (nSPS) is 13.3. The fourth-order valence-corrected chi connectivity index (χ4v) is 2.90. The maximum atomic E-state index is 13.2. The number of carboxylic acids is 1. The number of benzene rings is 2. The zero-order valence-electron chi connectivity index (χ0n) is 14.8. The van der Waals surface area contributed by atoms with Gasteiger partial charge in [-0.25, -0.2) is 4.79 Å². The molecule has 5 heteroatoms. The van der Waals surface area contributed by atoms with E-state index in [1.807, 2.05) is 66.7 Å². The number of hydrogen-bond acceptors (Lipinski definition) is 3. The maximum absolute atomic E-state index is 13.2. The Hall–Kier alpha value is -3.13. The zero-order chi connectivity index (χ0) is 19.2. The smallest absolute Gasteiger partial charge is 0.326 e. The van der Waals surface area contributed by atoms with Gasteiger partial charge in [-0.3, -0.25) is 4.79 Å². The predicted octanol–water partition coefficient (Wildman–Crippen LogP) is 3.11. The number of nitrogens with one attached hydrogen (secondary N) is 1. The molecule has 2 aromatic carbocycles. The van der Waals surface area contributed by atoms with Crippen LogP contribution in [-0.2, 0) is 15.0 Å². The second-order valence-corrected chi connectivity index (χ2v) is 6.49. The minimum Gasteiger partial charge on any atom is -0.480 e. The number of hydrogen-bond donors (Lipinski definition) is 2. The number of rotatable bonds is 7. The molecule has 0 aliphatic heterocycles. The van der Waals surface area contributed by atoms with Crippen molar-refractivity contribution in [1.82, 2.24) is 5.32 Å². The van der Waals surface area contributed by atoms with Gasteiger partial charge >= 0.3 is 5.97 Å². The molecule has 1 amide bonds. The molecule has 26 heavy (non-hydrogen) atoms. The van der Waals surface area contributed by atoms with Crippen LogP contribution in [0.15, 0.2) is 60.7 Å². The van der Waals surface area contributed by atoms with Crippen molar-refractivity contribution in [3.63, 3.8) is 0 Å². The standard InChI is InChI=1S/C21H22N2O3/c1-15(14-22)13-18(19(24)25)23-20(26)21(2,16-9-5-3-6-10-16)17-11-7-4-8-12-17/h3-12,15,18H,13H2,1-2H3,(H,23,26)(H,24,25)/t15-,18+/m0/s1. The van der Waals surface area contributed by atoms with E-state index in [9.17, 15) is 14.7 Å². The van der Waals surface area contributed by atoms with Crippen LogP contribution < -0.4 is 5.32 Å². The topological polar surface area (TPSA) is 90.2 Å². The molecule has 0 radical (unpaired) electrons. The first kappa shape index (κ1) is 19.2. The molecule has 0 bridgehead atoms. The average molecular weight is 350 g/mol. The number of nitrogens with zero attached hydrogens (tertiary/aromatic N) is 1. The van der Waals surface area contributed by atoms with Gasteiger partial charge in [-0.2, -0.15) is 5.26 Å². The summed E-state index contributed by atoms with van der Waals surface area (Å²) >= 11 is 0. The molecule has 2 rings (SSSR count). The molecule has 0 heterocycles. The molecule has 134 valence electrons. The molecule has 0 aliphatic carbocycles. The van der Waals surface area contributed by atoms with Gasteiger partial charge in [0.05, 0.1) is 11.5 Å². The van der Waals surface area contributed by atoms with E-state index in [2.05, 4.69) is 5.32 Å². The summed E-state index contributed by atoms with van der Waals surface area (Å²) in [6.07, 6.45) is 0.0528. The number of carbonyl (C=O) groups is 2. The molecule has 0 saturated heterocycles. The maximum Gasteiger partial charge on any atom is 0.326 e. The molecule has 0 spiro atoms. The lowest BCUT2D eigenvalue weighted by Gasteiger charge is -2.31. The summed E-state index contributed by atoms with van der Waals surface area (Å²) in [7, 11) is 0. The van der Waals surface area contributed by atoms with Crippen molar-refractivity contribution in [2.75, 3.05) is 0 Å². The number of carbonyl (C=O) groups excluding carboxylic acids is 1. The summed E-state index contributed by atoms with van der Waals surface area (Å²) < 4.78 is 0. The first-order valence-electron chi connectivity index (χ1n) is 8.44. The van der Waals surface area contributed by atoms with E-state index in [4.69, 9.17) is 5.26 Å². The molecular formula is C21H22N2O3. The van der Waals surface area contributed by atoms with Crippen LogP contribution in [0.2, 0.25) is 0 Å². The van der Waals surface area contributed by atoms with Crippen LogP contribution in [0.25, 0.3) is 0 Å². The Balaban J connectivity index is 2.41. The highest BCUT2D eigenvalue weighted by molar-refractivity contribution is 5.94. The molecule has 0 saturated carbocycles. The SMILES string of the molecule is C[C@H](C#N)C[C@@H](NC(=O)C(C)(c1ccccc1)c1ccccc1)C(=O)O. The Labute approximate surface area is 153 Å². The lowest BCUT2D eigenvalue weighted by Crippen LogP contribution is -2.50. The van der Waals surface area contributed by atoms with E-state index in [0.29, 0.717) is 0 Å². The summed E-state index contributed by atoms with van der Waals surface area (Å²) in [5, 5.41) is 21.0. The summed E-state index contributed by atoms with van der Waals surface area (Å²) in [6.45, 7) is 3.41. The van der Waals surface area contributed by atoms with Crippen molar-refractivity contribution in [3.05, 3.63) is 71.8 Å². The minimum absolute atomic E-state index is 0.0528. The Morgan fingerprint density at radius 3 is 1.92 bits per heavy atom. The third-order valence-corrected chi connectivity index (χ3v) is 4.57. The van der Waals surface area contributed by atoms with Gasteiger partial charge in [-0.05, 0) is 31.4 Å². The van der Waals surface area contributed by atoms with Gasteiger partial charge in [0.1, 0.15) is 6.04 Å². The van der Waals surface area contributed by atoms with Gasteiger partial charge in [-0.15, -0.1) is 0 Å². The summed E-state index contributed by atoms with van der Waals surface area (Å²) in [5.74, 6) is -2.03. The Morgan fingerprint density at radius 2 is 1.54 bits per heavy atom. The van der Waals surface area contributed by atoms with E-state index < -0.39 is 29.3 Å². The molecule has 2 N–H and O–H groups in total. The van der Waals surface area contributed by atoms with Crippen molar-refractivity contribution in [2.45, 2.75) is 31.7 Å². The second-order valence-electron chi connectivity index (χ2n) is 6.49. The van der Waals surface area contributed by atoms with Crippen LogP contribution in [0.5, 0.6) is 0 Å². The van der Waals surface area contributed by atoms with Crippen molar-refractivity contribution >= 4 is 11.9 Å². The van der Waals surface area contributed by atoms with E-state index in [0.717, 1.165) is 11.1 Å². The van der Waals surface area contributed by atoms with E-state index in [1.54, 1.807) is 13.8 Å². The van der Waals surface area contributed by atoms with Gasteiger partial charge in [0.25, 0.3) is 0 Å². The lowest BCUT2D eigenvalue weighted by atomic mass is 9.75. The highest BCUT2D eigenvalue weighted by Gasteiger charge is 2.39. The third-order valence-electron chi connectivity index (χ3n) is 4.57. The van der Waals surface area contributed by atoms with Crippen LogP contribution in [-0.4, -0.2) is 23.0 Å². The molecule has 5 nitrogen and oxygen atoms in total. The summed E-state index contributed by atoms with van der Waals surface area (Å²) in [6, 6.07) is 19.4. The van der Waals surface area contributed by atoms with E-state index in [-0.39, 0.29) is 6.42 Å². The first-order chi connectivity index (χ1) is 12.4. The fourth-order valence-electron chi connectivity index (χ4n) is 2.90. The van der Waals surface area contributed by atoms with Crippen LogP contribution in [0.4, 0.5) is 0 Å². The molecular weight excluding hydrogens is 328 g/mol. The lowest BCUT2D eigenvalue weighted by molar-refractivity contribution is -0.142. The average Bonchev–Trinajstić information content (AvgIpc) is 2.67. The fraction of sp³-hybridized carbons (Fsp3) is 0.286. The van der Waals surface area contributed by atoms with E-state index in [1.165, 1.54) is 0 Å². The molecule has 2 aromatic rings. The number of aliphatic carboxylic acids is 1. The first-order valence-corrected chi connectivity index (χ1v) is 8.44. The van der Waals surface area contributed by atoms with Gasteiger partial charge in [0.15, 0.2) is 0 Å². The van der Waals surface area contributed by atoms with Crippen molar-refractivity contribution in [1.29, 1.82) is 5.26 Å². The Bertz CT molecular complexity index is 758. The summed E-state index contributed by atoms with van der Waals surface area (Å²) in [4.78, 5) is 24.8. The van der Waals surface area contributed by atoms with Crippen LogP contribution in [0, 0.1) is 17.2 Å². The minimum atomic E-state index is -1.15. The zero-order valence-corrected chi connectivity index (χ0v) is 14.8. The van der Waals surface area contributed by atoms with Crippen molar-refractivity contribution in [3.8, 4) is 6.07 Å². The van der Waals surface area contributed by atoms with Crippen LogP contribution in [0.3, 0.4) is 0 Å². The highest BCUT2D eigenvalue weighted by Crippen LogP contribution is 2.32. The second kappa shape index (κ2) is 8.30. The quantitative estimate of drug-likeness (QED) is 0.803. The number of amides is 1. The van der Waals surface area contributed by atoms with Gasteiger partial charge in [0.2, 0.25) is 5.91 Å². The van der Waals surface area contributed by atoms with Crippen molar-refractivity contribution < 1.29 is 14.7 Å². The molecule has 0 aliphatic rings. The Morgan fingerprint density at radius 1 is 1.08 bits per heavy atom. The summed E-state index contributed by atoms with van der Waals surface area (Å²) in [5.41, 5.74) is 0.480. The van der Waals surface area contributed by atoms with Gasteiger partial charge in [0, 0.05) is 5.92 Å². The van der Waals surface area contributed by atoms with Crippen LogP contribution in [0.1, 0.15) is 31.4 Å². The Kier molecular flexibility index (Phi) is 6.13. The van der Waals surface area contributed by atoms with E-state index >= 15 is 0 Å². The molecule has 2 atom stereocenters. The largest absolute Gasteiger partial charge is 0.480 e. The number of carboxylic acid groups (broad SMARTS) is 1. The molecule has 0 unspecified atom stereocenters.